The van der Waals surface area contributed by atoms with Crippen molar-refractivity contribution >= 4 is 65.4 Å². The standard InChI is InChI=1S/C37H23NOS/c1-2-12-26(13-3-1)38-31-21-24(27-15-8-16-29-28-14-4-5-18-34(28)40-37(27)29)19-20-33(31)39-36-30-17-7-10-23-9-6-11-25(35(23)30)22-32(36)38/h1-16,18-22H,17H2. The molecule has 0 amide bonds. The molecule has 1 aliphatic carbocycles. The number of benzene rings is 6. The van der Waals surface area contributed by atoms with Crippen molar-refractivity contribution in [2.24, 2.45) is 0 Å². The van der Waals surface area contributed by atoms with Gasteiger partial charge in [-0.3, -0.25) is 0 Å². The first-order valence-electron chi connectivity index (χ1n) is 13.7. The van der Waals surface area contributed by atoms with Crippen LogP contribution in [0.2, 0.25) is 0 Å². The van der Waals surface area contributed by atoms with Crippen LogP contribution in [-0.4, -0.2) is 0 Å². The SMILES string of the molecule is C1=Cc2cccc3cc4c(c(c23)C1)Oc1ccc(-c2cccc3c2sc2ccccc23)cc1N4c1ccccc1. The minimum atomic E-state index is 0.862. The fourth-order valence-corrected chi connectivity index (χ4v) is 7.71. The lowest BCUT2D eigenvalue weighted by molar-refractivity contribution is 0.473. The topological polar surface area (TPSA) is 12.5 Å². The molecule has 40 heavy (non-hydrogen) atoms. The fourth-order valence-electron chi connectivity index (χ4n) is 6.47. The zero-order chi connectivity index (χ0) is 26.2. The molecule has 6 aromatic carbocycles. The molecule has 0 radical (unpaired) electrons. The van der Waals surface area contributed by atoms with Gasteiger partial charge in [0.2, 0.25) is 0 Å². The summed E-state index contributed by atoms with van der Waals surface area (Å²) >= 11 is 1.87. The van der Waals surface area contributed by atoms with Crippen LogP contribution >= 0.6 is 11.3 Å². The smallest absolute Gasteiger partial charge is 0.155 e. The predicted octanol–water partition coefficient (Wildman–Crippen LogP) is 11.0. The van der Waals surface area contributed by atoms with E-state index in [9.17, 15) is 0 Å². The van der Waals surface area contributed by atoms with E-state index < -0.39 is 0 Å². The molecule has 0 saturated heterocycles. The normalized spacial score (nSPS) is 13.4. The van der Waals surface area contributed by atoms with Gasteiger partial charge in [0.25, 0.3) is 0 Å². The summed E-state index contributed by atoms with van der Waals surface area (Å²) in [6.45, 7) is 0. The first-order valence-corrected chi connectivity index (χ1v) is 14.5. The Kier molecular flexibility index (Phi) is 4.58. The van der Waals surface area contributed by atoms with Crippen LogP contribution in [0.4, 0.5) is 17.1 Å². The highest BCUT2D eigenvalue weighted by molar-refractivity contribution is 7.26. The van der Waals surface area contributed by atoms with Gasteiger partial charge in [-0.25, -0.2) is 0 Å². The lowest BCUT2D eigenvalue weighted by Crippen LogP contribution is -2.17. The molecule has 0 N–H and O–H groups in total. The molecule has 3 heteroatoms. The van der Waals surface area contributed by atoms with Crippen molar-refractivity contribution in [3.05, 3.63) is 132 Å². The molecule has 7 aromatic rings. The maximum absolute atomic E-state index is 6.80. The molecule has 0 saturated carbocycles. The molecule has 1 aromatic heterocycles. The third-order valence-electron chi connectivity index (χ3n) is 8.23. The van der Waals surface area contributed by atoms with Crippen LogP contribution in [0.15, 0.2) is 121 Å². The number of hydrogen-bond acceptors (Lipinski definition) is 3. The summed E-state index contributed by atoms with van der Waals surface area (Å²) in [6, 6.07) is 41.6. The Bertz CT molecular complexity index is 2170. The lowest BCUT2D eigenvalue weighted by atomic mass is 9.90. The highest BCUT2D eigenvalue weighted by Crippen LogP contribution is 2.55. The maximum Gasteiger partial charge on any atom is 0.155 e. The summed E-state index contributed by atoms with van der Waals surface area (Å²) in [6.07, 6.45) is 5.34. The van der Waals surface area contributed by atoms with Gasteiger partial charge in [0.05, 0.1) is 11.4 Å². The van der Waals surface area contributed by atoms with E-state index in [4.69, 9.17) is 4.74 Å². The van der Waals surface area contributed by atoms with E-state index in [1.165, 1.54) is 53.2 Å². The number of nitrogens with zero attached hydrogens (tertiary/aromatic N) is 1. The molecule has 1 aliphatic heterocycles. The highest BCUT2D eigenvalue weighted by atomic mass is 32.1. The molecule has 188 valence electrons. The van der Waals surface area contributed by atoms with Gasteiger partial charge in [0, 0.05) is 31.4 Å². The highest BCUT2D eigenvalue weighted by Gasteiger charge is 2.30. The van der Waals surface area contributed by atoms with Crippen LogP contribution in [0, 0.1) is 0 Å². The van der Waals surface area contributed by atoms with Crippen molar-refractivity contribution in [2.75, 3.05) is 4.90 Å². The summed E-state index contributed by atoms with van der Waals surface area (Å²) in [4.78, 5) is 2.38. The molecular formula is C37H23NOS. The van der Waals surface area contributed by atoms with E-state index >= 15 is 0 Å². The van der Waals surface area contributed by atoms with E-state index in [0.717, 1.165) is 35.0 Å². The first kappa shape index (κ1) is 22.0. The van der Waals surface area contributed by atoms with Crippen LogP contribution < -0.4 is 9.64 Å². The number of fused-ring (bicyclic) bond motifs is 6. The van der Waals surface area contributed by atoms with Crippen molar-refractivity contribution < 1.29 is 4.74 Å². The quantitative estimate of drug-likeness (QED) is 0.221. The summed E-state index contributed by atoms with van der Waals surface area (Å²) in [5.74, 6) is 1.84. The largest absolute Gasteiger partial charge is 0.453 e. The van der Waals surface area contributed by atoms with Gasteiger partial charge in [-0.1, -0.05) is 91.0 Å². The van der Waals surface area contributed by atoms with E-state index in [0.29, 0.717) is 0 Å². The number of thiophene rings is 1. The van der Waals surface area contributed by atoms with Gasteiger partial charge >= 0.3 is 0 Å². The van der Waals surface area contributed by atoms with Crippen LogP contribution in [0.1, 0.15) is 11.1 Å². The zero-order valence-electron chi connectivity index (χ0n) is 21.6. The molecular weight excluding hydrogens is 506 g/mol. The Morgan fingerprint density at radius 3 is 2.50 bits per heavy atom. The summed E-state index contributed by atoms with van der Waals surface area (Å²) in [5.41, 5.74) is 8.24. The van der Waals surface area contributed by atoms with Crippen molar-refractivity contribution in [1.29, 1.82) is 0 Å². The van der Waals surface area contributed by atoms with Gasteiger partial charge in [-0.2, -0.15) is 0 Å². The Labute approximate surface area is 236 Å². The van der Waals surface area contributed by atoms with Crippen LogP contribution in [0.3, 0.4) is 0 Å². The molecule has 0 fully saturated rings. The van der Waals surface area contributed by atoms with E-state index in [-0.39, 0.29) is 0 Å². The van der Waals surface area contributed by atoms with Crippen molar-refractivity contribution in [3.63, 3.8) is 0 Å². The average molecular weight is 530 g/mol. The molecule has 0 spiro atoms. The van der Waals surface area contributed by atoms with Gasteiger partial charge in [0.1, 0.15) is 0 Å². The number of ether oxygens (including phenoxy) is 1. The Balaban J connectivity index is 1.30. The van der Waals surface area contributed by atoms with Crippen molar-refractivity contribution in [3.8, 4) is 22.6 Å². The second kappa shape index (κ2) is 8.32. The van der Waals surface area contributed by atoms with E-state index in [1.54, 1.807) is 0 Å². The summed E-state index contributed by atoms with van der Waals surface area (Å²) in [7, 11) is 0. The number of allylic oxidation sites excluding steroid dienone is 1. The van der Waals surface area contributed by atoms with Gasteiger partial charge in [-0.15, -0.1) is 11.3 Å². The number of hydrogen-bond donors (Lipinski definition) is 0. The number of para-hydroxylation sites is 1. The monoisotopic (exact) mass is 529 g/mol. The molecule has 0 atom stereocenters. The molecule has 2 heterocycles. The van der Waals surface area contributed by atoms with Gasteiger partial charge in [-0.05, 0) is 70.3 Å². The molecule has 2 nitrogen and oxygen atoms in total. The average Bonchev–Trinajstić information content (AvgIpc) is 3.40. The molecule has 2 aliphatic rings. The number of rotatable bonds is 2. The summed E-state index contributed by atoms with van der Waals surface area (Å²) in [5, 5.41) is 5.18. The van der Waals surface area contributed by atoms with Crippen LogP contribution in [0.5, 0.6) is 11.5 Å². The fraction of sp³-hybridized carbons (Fsp3) is 0.0270. The second-order valence-corrected chi connectivity index (χ2v) is 11.5. The van der Waals surface area contributed by atoms with Gasteiger partial charge < -0.3 is 9.64 Å². The Hall–Kier alpha value is -4.86. The molecule has 0 bridgehead atoms. The third-order valence-corrected chi connectivity index (χ3v) is 9.45. The lowest BCUT2D eigenvalue weighted by Gasteiger charge is -2.35. The van der Waals surface area contributed by atoms with Crippen molar-refractivity contribution in [1.82, 2.24) is 0 Å². The second-order valence-electron chi connectivity index (χ2n) is 10.5. The van der Waals surface area contributed by atoms with Crippen LogP contribution in [-0.2, 0) is 6.42 Å². The third kappa shape index (κ3) is 3.10. The Morgan fingerprint density at radius 2 is 1.55 bits per heavy atom. The van der Waals surface area contributed by atoms with Crippen molar-refractivity contribution in [2.45, 2.75) is 6.42 Å². The van der Waals surface area contributed by atoms with Crippen LogP contribution in [0.25, 0.3) is 48.1 Å². The summed E-state index contributed by atoms with van der Waals surface area (Å²) < 4.78 is 9.44. The minimum absolute atomic E-state index is 0.862. The first-order chi connectivity index (χ1) is 19.8. The maximum atomic E-state index is 6.80. The molecule has 0 unspecified atom stereocenters. The minimum Gasteiger partial charge on any atom is -0.453 e. The van der Waals surface area contributed by atoms with E-state index in [1.807, 2.05) is 11.3 Å². The predicted molar refractivity (Wildman–Crippen MR) is 170 cm³/mol. The molecule has 9 rings (SSSR count). The zero-order valence-corrected chi connectivity index (χ0v) is 22.4. The van der Waals surface area contributed by atoms with Gasteiger partial charge in [0.15, 0.2) is 11.5 Å². The van der Waals surface area contributed by atoms with E-state index in [2.05, 4.69) is 132 Å². The number of anilines is 3. The Morgan fingerprint density at radius 1 is 0.700 bits per heavy atom.